The van der Waals surface area contributed by atoms with E-state index in [-0.39, 0.29) is 0 Å². The minimum absolute atomic E-state index is 0.353. The van der Waals surface area contributed by atoms with E-state index in [0.717, 1.165) is 5.56 Å². The van der Waals surface area contributed by atoms with E-state index in [4.69, 9.17) is 17.3 Å². The summed E-state index contributed by atoms with van der Waals surface area (Å²) < 4.78 is 26.1. The molecule has 1 aromatic carbocycles. The van der Waals surface area contributed by atoms with Crippen LogP contribution in [0.5, 0.6) is 0 Å². The molecule has 2 rings (SSSR count). The molecule has 0 aliphatic rings. The second-order valence-corrected chi connectivity index (χ2v) is 5.58. The van der Waals surface area contributed by atoms with E-state index in [0.29, 0.717) is 22.8 Å². The van der Waals surface area contributed by atoms with E-state index < -0.39 is 24.9 Å². The minimum Gasteiger partial charge on any atom is -0.371 e. The summed E-state index contributed by atoms with van der Waals surface area (Å²) in [5, 5.41) is 7.46. The first-order chi connectivity index (χ1) is 10.9. The standard InChI is InChI=1S/C15H17ClF2N4O/c1-9-13(7-20-22(9)8-14(17)18)21-12(15(19)23)6-10-2-4-11(16)5-3-10/h2-5,7,12,14,21H,6,8H2,1H3,(H2,19,23). The molecule has 0 saturated carbocycles. The number of rotatable bonds is 7. The summed E-state index contributed by atoms with van der Waals surface area (Å²) in [5.41, 5.74) is 7.33. The van der Waals surface area contributed by atoms with Gasteiger partial charge in [-0.05, 0) is 24.6 Å². The van der Waals surface area contributed by atoms with Crippen LogP contribution in [0.2, 0.25) is 5.02 Å². The van der Waals surface area contributed by atoms with Crippen molar-refractivity contribution < 1.29 is 13.6 Å². The maximum absolute atomic E-state index is 12.5. The molecule has 1 unspecified atom stereocenters. The van der Waals surface area contributed by atoms with Gasteiger partial charge in [0, 0.05) is 11.4 Å². The maximum atomic E-state index is 12.5. The van der Waals surface area contributed by atoms with Crippen LogP contribution in [0.1, 0.15) is 11.3 Å². The van der Waals surface area contributed by atoms with Crippen LogP contribution in [0.3, 0.4) is 0 Å². The number of aromatic nitrogens is 2. The molecule has 124 valence electrons. The van der Waals surface area contributed by atoms with Crippen LogP contribution in [0, 0.1) is 6.92 Å². The minimum atomic E-state index is -2.50. The highest BCUT2D eigenvalue weighted by atomic mass is 35.5. The molecular formula is C15H17ClF2N4O. The Kier molecular flexibility index (Phi) is 5.54. The highest BCUT2D eigenvalue weighted by Gasteiger charge is 2.19. The molecule has 5 nitrogen and oxygen atoms in total. The summed E-state index contributed by atoms with van der Waals surface area (Å²) in [6.45, 7) is 1.16. The molecule has 0 saturated heterocycles. The zero-order valence-electron chi connectivity index (χ0n) is 12.5. The summed E-state index contributed by atoms with van der Waals surface area (Å²) in [6, 6.07) is 6.36. The number of carbonyl (C=O) groups is 1. The van der Waals surface area contributed by atoms with Gasteiger partial charge < -0.3 is 11.1 Å². The SMILES string of the molecule is Cc1c(NC(Cc2ccc(Cl)cc2)C(N)=O)cnn1CC(F)F. The monoisotopic (exact) mass is 342 g/mol. The van der Waals surface area contributed by atoms with Crippen molar-refractivity contribution in [3.05, 3.63) is 46.7 Å². The molecule has 3 N–H and O–H groups in total. The molecule has 0 fully saturated rings. The van der Waals surface area contributed by atoms with Crippen LogP contribution in [0.15, 0.2) is 30.5 Å². The van der Waals surface area contributed by atoms with Gasteiger partial charge in [0.2, 0.25) is 5.91 Å². The number of benzene rings is 1. The predicted molar refractivity (Wildman–Crippen MR) is 84.7 cm³/mol. The number of anilines is 1. The van der Waals surface area contributed by atoms with Gasteiger partial charge in [-0.15, -0.1) is 0 Å². The third-order valence-corrected chi connectivity index (χ3v) is 3.69. The van der Waals surface area contributed by atoms with E-state index in [1.165, 1.54) is 10.9 Å². The number of hydrogen-bond donors (Lipinski definition) is 2. The average Bonchev–Trinajstić information content (AvgIpc) is 2.81. The van der Waals surface area contributed by atoms with Gasteiger partial charge in [-0.3, -0.25) is 9.48 Å². The third kappa shape index (κ3) is 4.66. The fraction of sp³-hybridized carbons (Fsp3) is 0.333. The van der Waals surface area contributed by atoms with Gasteiger partial charge in [0.15, 0.2) is 0 Å². The molecule has 0 aliphatic heterocycles. The Labute approximate surface area is 137 Å². The Morgan fingerprint density at radius 3 is 2.61 bits per heavy atom. The Morgan fingerprint density at radius 1 is 1.39 bits per heavy atom. The van der Waals surface area contributed by atoms with E-state index in [2.05, 4.69) is 10.4 Å². The zero-order chi connectivity index (χ0) is 17.0. The molecular weight excluding hydrogens is 326 g/mol. The molecule has 23 heavy (non-hydrogen) atoms. The van der Waals surface area contributed by atoms with Crippen molar-refractivity contribution in [2.24, 2.45) is 5.73 Å². The van der Waals surface area contributed by atoms with E-state index in [1.54, 1.807) is 31.2 Å². The molecule has 0 aliphatic carbocycles. The predicted octanol–water partition coefficient (Wildman–Crippen LogP) is 2.62. The number of amides is 1. The summed E-state index contributed by atoms with van der Waals surface area (Å²) in [5.74, 6) is -0.541. The average molecular weight is 343 g/mol. The number of nitrogens with zero attached hydrogens (tertiary/aromatic N) is 2. The smallest absolute Gasteiger partial charge is 0.257 e. The largest absolute Gasteiger partial charge is 0.371 e. The normalized spacial score (nSPS) is 12.4. The van der Waals surface area contributed by atoms with Crippen LogP contribution in [0.25, 0.3) is 0 Å². The second kappa shape index (κ2) is 7.41. The lowest BCUT2D eigenvalue weighted by Gasteiger charge is -2.16. The van der Waals surface area contributed by atoms with Crippen LogP contribution >= 0.6 is 11.6 Å². The van der Waals surface area contributed by atoms with Crippen molar-refractivity contribution in [2.75, 3.05) is 5.32 Å². The summed E-state index contributed by atoms with van der Waals surface area (Å²) >= 11 is 5.83. The third-order valence-electron chi connectivity index (χ3n) is 3.44. The molecule has 0 spiro atoms. The first-order valence-corrected chi connectivity index (χ1v) is 7.35. The van der Waals surface area contributed by atoms with E-state index >= 15 is 0 Å². The number of nitrogens with one attached hydrogen (secondary N) is 1. The van der Waals surface area contributed by atoms with Gasteiger partial charge in [0.05, 0.1) is 17.6 Å². The van der Waals surface area contributed by atoms with E-state index in [1.807, 2.05) is 0 Å². The van der Waals surface area contributed by atoms with Gasteiger partial charge in [0.1, 0.15) is 12.6 Å². The molecule has 1 amide bonds. The molecule has 2 aromatic rings. The van der Waals surface area contributed by atoms with E-state index in [9.17, 15) is 13.6 Å². The first kappa shape index (κ1) is 17.2. The highest BCUT2D eigenvalue weighted by Crippen LogP contribution is 2.18. The highest BCUT2D eigenvalue weighted by molar-refractivity contribution is 6.30. The quantitative estimate of drug-likeness (QED) is 0.812. The summed E-state index contributed by atoms with van der Waals surface area (Å²) in [7, 11) is 0. The number of primary amides is 1. The van der Waals surface area contributed by atoms with Gasteiger partial charge in [-0.1, -0.05) is 23.7 Å². The zero-order valence-corrected chi connectivity index (χ0v) is 13.2. The Balaban J connectivity index is 2.12. The molecule has 1 atom stereocenters. The number of hydrogen-bond acceptors (Lipinski definition) is 3. The molecule has 1 aromatic heterocycles. The number of alkyl halides is 2. The first-order valence-electron chi connectivity index (χ1n) is 6.97. The lowest BCUT2D eigenvalue weighted by Crippen LogP contribution is -2.37. The van der Waals surface area contributed by atoms with Gasteiger partial charge in [0.25, 0.3) is 6.43 Å². The molecule has 1 heterocycles. The van der Waals surface area contributed by atoms with Crippen LogP contribution < -0.4 is 11.1 Å². The number of carbonyl (C=O) groups excluding carboxylic acids is 1. The lowest BCUT2D eigenvalue weighted by atomic mass is 10.1. The summed E-state index contributed by atoms with van der Waals surface area (Å²) in [4.78, 5) is 11.7. The molecule has 0 bridgehead atoms. The molecule has 8 heteroatoms. The fourth-order valence-electron chi connectivity index (χ4n) is 2.17. The Hall–Kier alpha value is -2.15. The van der Waals surface area contributed by atoms with Crippen molar-refractivity contribution in [3.8, 4) is 0 Å². The van der Waals surface area contributed by atoms with Crippen molar-refractivity contribution in [1.29, 1.82) is 0 Å². The Bertz CT molecular complexity index is 673. The van der Waals surface area contributed by atoms with Gasteiger partial charge >= 0.3 is 0 Å². The topological polar surface area (TPSA) is 72.9 Å². The summed E-state index contributed by atoms with van der Waals surface area (Å²) in [6.07, 6.45) is -0.732. The fourth-order valence-corrected chi connectivity index (χ4v) is 2.30. The number of nitrogens with two attached hydrogens (primary N) is 1. The molecule has 0 radical (unpaired) electrons. The van der Waals surface area contributed by atoms with Crippen molar-refractivity contribution >= 4 is 23.2 Å². The van der Waals surface area contributed by atoms with Crippen LogP contribution in [-0.4, -0.2) is 28.2 Å². The van der Waals surface area contributed by atoms with Gasteiger partial charge in [-0.2, -0.15) is 5.10 Å². The lowest BCUT2D eigenvalue weighted by molar-refractivity contribution is -0.118. The van der Waals surface area contributed by atoms with Crippen molar-refractivity contribution in [2.45, 2.75) is 32.4 Å². The van der Waals surface area contributed by atoms with Crippen LogP contribution in [-0.2, 0) is 17.8 Å². The second-order valence-electron chi connectivity index (χ2n) is 5.15. The van der Waals surface area contributed by atoms with Gasteiger partial charge in [-0.25, -0.2) is 8.78 Å². The Morgan fingerprint density at radius 2 is 2.04 bits per heavy atom. The van der Waals surface area contributed by atoms with Crippen molar-refractivity contribution in [3.63, 3.8) is 0 Å². The number of halogens is 3. The van der Waals surface area contributed by atoms with Crippen LogP contribution in [0.4, 0.5) is 14.5 Å². The van der Waals surface area contributed by atoms with Crippen molar-refractivity contribution in [1.82, 2.24) is 9.78 Å². The maximum Gasteiger partial charge on any atom is 0.257 e.